The normalized spacial score (nSPS) is 19.1. The molecule has 0 saturated heterocycles. The molecule has 0 aromatic carbocycles. The van der Waals surface area contributed by atoms with Crippen LogP contribution in [-0.4, -0.2) is 6.61 Å². The summed E-state index contributed by atoms with van der Waals surface area (Å²) in [4.78, 5) is 0. The highest BCUT2D eigenvalue weighted by atomic mass is 16.5. The van der Waals surface area contributed by atoms with E-state index in [1.54, 1.807) is 0 Å². The summed E-state index contributed by atoms with van der Waals surface area (Å²) in [6.07, 6.45) is 3.81. The Morgan fingerprint density at radius 1 is 1.62 bits per heavy atom. The van der Waals surface area contributed by atoms with Crippen LogP contribution in [0.5, 0.6) is 0 Å². The fourth-order valence-electron chi connectivity index (χ4n) is 0.606. The van der Waals surface area contributed by atoms with Gasteiger partial charge in [-0.15, -0.1) is 0 Å². The first-order chi connectivity index (χ1) is 3.93. The molecule has 0 bridgehead atoms. The van der Waals surface area contributed by atoms with E-state index in [1.165, 1.54) is 12.8 Å². The van der Waals surface area contributed by atoms with E-state index >= 15 is 0 Å². The van der Waals surface area contributed by atoms with Crippen molar-refractivity contribution in [2.24, 2.45) is 5.92 Å². The Morgan fingerprint density at radius 2 is 2.38 bits per heavy atom. The molecule has 0 aromatic rings. The zero-order chi connectivity index (χ0) is 5.82. The van der Waals surface area contributed by atoms with Crippen LogP contribution in [0.1, 0.15) is 26.2 Å². The molecule has 8 heavy (non-hydrogen) atoms. The Balaban J connectivity index is 1.74. The topological polar surface area (TPSA) is 9.23 Å². The lowest BCUT2D eigenvalue weighted by Gasteiger charge is -1.96. The SMILES string of the molecule is CC[CH]OCC1CC1. The molecular weight excluding hydrogens is 100 g/mol. The van der Waals surface area contributed by atoms with Gasteiger partial charge in [-0.3, -0.25) is 0 Å². The van der Waals surface area contributed by atoms with Gasteiger partial charge in [0.2, 0.25) is 0 Å². The molecule has 0 N–H and O–H groups in total. The fraction of sp³-hybridized carbons (Fsp3) is 0.857. The van der Waals surface area contributed by atoms with E-state index in [2.05, 4.69) is 6.92 Å². The summed E-state index contributed by atoms with van der Waals surface area (Å²) < 4.78 is 5.18. The van der Waals surface area contributed by atoms with Gasteiger partial charge in [0.1, 0.15) is 0 Å². The summed E-state index contributed by atoms with van der Waals surface area (Å²) in [5.41, 5.74) is 0. The number of rotatable bonds is 4. The van der Waals surface area contributed by atoms with E-state index in [9.17, 15) is 0 Å². The van der Waals surface area contributed by atoms with Crippen molar-refractivity contribution in [1.29, 1.82) is 0 Å². The minimum absolute atomic E-state index is 0.901. The van der Waals surface area contributed by atoms with E-state index in [-0.39, 0.29) is 0 Å². The van der Waals surface area contributed by atoms with Gasteiger partial charge in [-0.1, -0.05) is 6.92 Å². The predicted octanol–water partition coefficient (Wildman–Crippen LogP) is 1.98. The number of hydrogen-bond acceptors (Lipinski definition) is 1. The largest absolute Gasteiger partial charge is 0.375 e. The summed E-state index contributed by atoms with van der Waals surface area (Å²) in [6.45, 7) is 4.94. The minimum Gasteiger partial charge on any atom is -0.375 e. The molecule has 1 radical (unpaired) electrons. The standard InChI is InChI=1S/C7H13O/c1-2-5-8-6-7-3-4-7/h5,7H,2-4,6H2,1H3. The van der Waals surface area contributed by atoms with E-state index < -0.39 is 0 Å². The van der Waals surface area contributed by atoms with Crippen LogP contribution in [0, 0.1) is 12.5 Å². The molecule has 1 heteroatoms. The summed E-state index contributed by atoms with van der Waals surface area (Å²) in [5, 5.41) is 0. The van der Waals surface area contributed by atoms with Crippen LogP contribution < -0.4 is 0 Å². The quantitative estimate of drug-likeness (QED) is 0.506. The van der Waals surface area contributed by atoms with Crippen LogP contribution in [0.25, 0.3) is 0 Å². The highest BCUT2D eigenvalue weighted by molar-refractivity contribution is 4.72. The molecule has 0 aliphatic heterocycles. The summed E-state index contributed by atoms with van der Waals surface area (Å²) in [5.74, 6) is 0.901. The first kappa shape index (κ1) is 6.09. The van der Waals surface area contributed by atoms with Gasteiger partial charge in [-0.2, -0.15) is 0 Å². The van der Waals surface area contributed by atoms with Crippen LogP contribution in [0.3, 0.4) is 0 Å². The Bertz CT molecular complexity index is 57.4. The van der Waals surface area contributed by atoms with Crippen LogP contribution >= 0.6 is 0 Å². The lowest BCUT2D eigenvalue weighted by atomic mass is 10.4. The molecule has 0 atom stereocenters. The first-order valence-corrected chi connectivity index (χ1v) is 3.36. The van der Waals surface area contributed by atoms with Gasteiger partial charge in [-0.25, -0.2) is 0 Å². The van der Waals surface area contributed by atoms with Crippen molar-refractivity contribution in [2.75, 3.05) is 6.61 Å². The molecule has 0 unspecified atom stereocenters. The summed E-state index contributed by atoms with van der Waals surface area (Å²) in [6, 6.07) is 0. The average Bonchev–Trinajstić information content (AvgIpc) is 2.51. The molecular formula is C7H13O. The monoisotopic (exact) mass is 113 g/mol. The van der Waals surface area contributed by atoms with Crippen molar-refractivity contribution in [2.45, 2.75) is 26.2 Å². The maximum atomic E-state index is 5.18. The molecule has 1 aliphatic carbocycles. The molecule has 1 fully saturated rings. The van der Waals surface area contributed by atoms with Gasteiger partial charge in [0.05, 0.1) is 6.61 Å². The maximum Gasteiger partial charge on any atom is 0.0834 e. The number of ether oxygens (including phenoxy) is 1. The first-order valence-electron chi connectivity index (χ1n) is 3.36. The molecule has 0 amide bonds. The van der Waals surface area contributed by atoms with Gasteiger partial charge < -0.3 is 4.74 Å². The molecule has 1 nitrogen and oxygen atoms in total. The highest BCUT2D eigenvalue weighted by Gasteiger charge is 2.20. The second kappa shape index (κ2) is 3.08. The van der Waals surface area contributed by atoms with Crippen molar-refractivity contribution in [3.63, 3.8) is 0 Å². The van der Waals surface area contributed by atoms with Crippen LogP contribution in [0.15, 0.2) is 0 Å². The van der Waals surface area contributed by atoms with Crippen molar-refractivity contribution < 1.29 is 4.74 Å². The average molecular weight is 113 g/mol. The Morgan fingerprint density at radius 3 is 2.88 bits per heavy atom. The third-order valence-electron chi connectivity index (χ3n) is 1.31. The maximum absolute atomic E-state index is 5.18. The Hall–Kier alpha value is -0.0400. The Labute approximate surface area is 51.0 Å². The molecule has 0 aromatic heterocycles. The third-order valence-corrected chi connectivity index (χ3v) is 1.31. The van der Waals surface area contributed by atoms with Crippen molar-refractivity contribution in [1.82, 2.24) is 0 Å². The predicted molar refractivity (Wildman–Crippen MR) is 33.3 cm³/mol. The summed E-state index contributed by atoms with van der Waals surface area (Å²) >= 11 is 0. The number of hydrogen-bond donors (Lipinski definition) is 0. The van der Waals surface area contributed by atoms with Gasteiger partial charge >= 0.3 is 0 Å². The Kier molecular flexibility index (Phi) is 2.34. The van der Waals surface area contributed by atoms with Gasteiger partial charge in [0.25, 0.3) is 0 Å². The molecule has 1 rings (SSSR count). The lowest BCUT2D eigenvalue weighted by molar-refractivity contribution is 0.182. The van der Waals surface area contributed by atoms with Crippen LogP contribution in [0.4, 0.5) is 0 Å². The highest BCUT2D eigenvalue weighted by Crippen LogP contribution is 2.28. The zero-order valence-corrected chi connectivity index (χ0v) is 5.39. The zero-order valence-electron chi connectivity index (χ0n) is 5.39. The van der Waals surface area contributed by atoms with Gasteiger partial charge in [0.15, 0.2) is 0 Å². The van der Waals surface area contributed by atoms with Gasteiger partial charge in [0, 0.05) is 6.61 Å². The molecule has 1 saturated carbocycles. The fourth-order valence-corrected chi connectivity index (χ4v) is 0.606. The smallest absolute Gasteiger partial charge is 0.0834 e. The van der Waals surface area contributed by atoms with Crippen molar-refractivity contribution in [3.05, 3.63) is 6.61 Å². The molecule has 0 heterocycles. The second-order valence-corrected chi connectivity index (χ2v) is 2.35. The van der Waals surface area contributed by atoms with E-state index in [0.29, 0.717) is 0 Å². The molecule has 47 valence electrons. The lowest BCUT2D eigenvalue weighted by Crippen LogP contribution is -1.91. The molecule has 1 aliphatic rings. The minimum atomic E-state index is 0.901. The van der Waals surface area contributed by atoms with Crippen molar-refractivity contribution >= 4 is 0 Å². The van der Waals surface area contributed by atoms with Gasteiger partial charge in [-0.05, 0) is 25.2 Å². The third kappa shape index (κ3) is 2.31. The molecule has 0 spiro atoms. The van der Waals surface area contributed by atoms with Crippen LogP contribution in [0.2, 0.25) is 0 Å². The summed E-state index contributed by atoms with van der Waals surface area (Å²) in [7, 11) is 0. The van der Waals surface area contributed by atoms with E-state index in [0.717, 1.165) is 18.9 Å². The van der Waals surface area contributed by atoms with Crippen LogP contribution in [-0.2, 0) is 4.74 Å². The van der Waals surface area contributed by atoms with E-state index in [1.807, 2.05) is 6.61 Å². The van der Waals surface area contributed by atoms with E-state index in [4.69, 9.17) is 4.74 Å². The van der Waals surface area contributed by atoms with Crippen molar-refractivity contribution in [3.8, 4) is 0 Å². The second-order valence-electron chi connectivity index (χ2n) is 2.35.